The molecule has 1 aromatic rings. The van der Waals surface area contributed by atoms with Gasteiger partial charge in [-0.2, -0.15) is 0 Å². The van der Waals surface area contributed by atoms with Gasteiger partial charge in [-0.3, -0.25) is 0 Å². The standard InChI is InChI=1S/C13H20IN3/c1-17-7-3-2-4-11(17)9-16-13-6-5-10(15)8-12(13)14/h5-6,8,11,16H,2-4,7,9,15H2,1H3. The zero-order valence-electron chi connectivity index (χ0n) is 10.2. The number of likely N-dealkylation sites (N-methyl/N-ethyl adjacent to an activating group) is 1. The number of benzene rings is 1. The molecule has 1 unspecified atom stereocenters. The maximum Gasteiger partial charge on any atom is 0.0477 e. The summed E-state index contributed by atoms with van der Waals surface area (Å²) in [6.45, 7) is 2.25. The molecule has 1 atom stereocenters. The Morgan fingerprint density at radius 3 is 3.00 bits per heavy atom. The van der Waals surface area contributed by atoms with E-state index >= 15 is 0 Å². The van der Waals surface area contributed by atoms with Gasteiger partial charge in [-0.05, 0) is 67.2 Å². The van der Waals surface area contributed by atoms with Crippen molar-refractivity contribution < 1.29 is 0 Å². The molecule has 0 spiro atoms. The molecule has 2 rings (SSSR count). The van der Waals surface area contributed by atoms with E-state index in [1.54, 1.807) is 0 Å². The average molecular weight is 345 g/mol. The van der Waals surface area contributed by atoms with Crippen LogP contribution in [0.4, 0.5) is 11.4 Å². The monoisotopic (exact) mass is 345 g/mol. The highest BCUT2D eigenvalue weighted by molar-refractivity contribution is 14.1. The van der Waals surface area contributed by atoms with E-state index < -0.39 is 0 Å². The van der Waals surface area contributed by atoms with Gasteiger partial charge >= 0.3 is 0 Å². The largest absolute Gasteiger partial charge is 0.399 e. The summed E-state index contributed by atoms with van der Waals surface area (Å²) in [6.07, 6.45) is 4.00. The molecule has 0 aromatic heterocycles. The molecule has 3 N–H and O–H groups in total. The molecule has 1 heterocycles. The summed E-state index contributed by atoms with van der Waals surface area (Å²) < 4.78 is 1.20. The van der Waals surface area contributed by atoms with Crippen molar-refractivity contribution in [3.63, 3.8) is 0 Å². The minimum absolute atomic E-state index is 0.664. The highest BCUT2D eigenvalue weighted by Gasteiger charge is 2.18. The normalized spacial score (nSPS) is 21.4. The van der Waals surface area contributed by atoms with Crippen LogP contribution in [0.25, 0.3) is 0 Å². The Balaban J connectivity index is 1.92. The zero-order valence-corrected chi connectivity index (χ0v) is 12.4. The van der Waals surface area contributed by atoms with Crippen LogP contribution in [0, 0.1) is 3.57 Å². The topological polar surface area (TPSA) is 41.3 Å². The minimum atomic E-state index is 0.664. The zero-order chi connectivity index (χ0) is 12.3. The van der Waals surface area contributed by atoms with Crippen molar-refractivity contribution in [3.05, 3.63) is 21.8 Å². The second kappa shape index (κ2) is 5.91. The van der Waals surface area contributed by atoms with E-state index in [2.05, 4.69) is 45.9 Å². The number of piperidine rings is 1. The van der Waals surface area contributed by atoms with Gasteiger partial charge in [-0.1, -0.05) is 6.42 Å². The van der Waals surface area contributed by atoms with Gasteiger partial charge in [0.1, 0.15) is 0 Å². The summed E-state index contributed by atoms with van der Waals surface area (Å²) in [5.74, 6) is 0. The van der Waals surface area contributed by atoms with Gasteiger partial charge in [0.05, 0.1) is 0 Å². The Hall–Kier alpha value is -0.490. The molecular formula is C13H20IN3. The molecule has 1 saturated heterocycles. The molecule has 0 amide bonds. The third-order valence-electron chi connectivity index (χ3n) is 3.44. The highest BCUT2D eigenvalue weighted by atomic mass is 127. The van der Waals surface area contributed by atoms with Crippen molar-refractivity contribution in [3.8, 4) is 0 Å². The first-order valence-electron chi connectivity index (χ1n) is 6.16. The molecule has 1 aliphatic rings. The molecule has 0 saturated carbocycles. The van der Waals surface area contributed by atoms with Crippen molar-refractivity contribution in [2.45, 2.75) is 25.3 Å². The quantitative estimate of drug-likeness (QED) is 0.654. The van der Waals surface area contributed by atoms with Crippen molar-refractivity contribution in [2.24, 2.45) is 0 Å². The van der Waals surface area contributed by atoms with E-state index in [-0.39, 0.29) is 0 Å². The number of nitrogens with one attached hydrogen (secondary N) is 1. The van der Waals surface area contributed by atoms with Gasteiger partial charge in [0.2, 0.25) is 0 Å². The number of anilines is 2. The maximum atomic E-state index is 5.75. The third-order valence-corrected chi connectivity index (χ3v) is 4.34. The van der Waals surface area contributed by atoms with Crippen molar-refractivity contribution >= 4 is 34.0 Å². The van der Waals surface area contributed by atoms with Crippen LogP contribution in [0.2, 0.25) is 0 Å². The van der Waals surface area contributed by atoms with E-state index in [1.807, 2.05) is 12.1 Å². The highest BCUT2D eigenvalue weighted by Crippen LogP contribution is 2.22. The summed E-state index contributed by atoms with van der Waals surface area (Å²) in [4.78, 5) is 2.46. The molecule has 17 heavy (non-hydrogen) atoms. The number of nitrogen functional groups attached to an aromatic ring is 1. The lowest BCUT2D eigenvalue weighted by molar-refractivity contribution is 0.194. The summed E-state index contributed by atoms with van der Waals surface area (Å²) in [6, 6.07) is 6.69. The fourth-order valence-corrected chi connectivity index (χ4v) is 3.03. The SMILES string of the molecule is CN1CCCCC1CNc1ccc(N)cc1I. The van der Waals surface area contributed by atoms with Gasteiger partial charge in [0.15, 0.2) is 0 Å². The van der Waals surface area contributed by atoms with Crippen LogP contribution >= 0.6 is 22.6 Å². The van der Waals surface area contributed by atoms with Crippen molar-refractivity contribution in [2.75, 3.05) is 31.2 Å². The van der Waals surface area contributed by atoms with Crippen molar-refractivity contribution in [1.29, 1.82) is 0 Å². The van der Waals surface area contributed by atoms with Gasteiger partial charge in [0.25, 0.3) is 0 Å². The van der Waals surface area contributed by atoms with Gasteiger partial charge in [0, 0.05) is 27.5 Å². The van der Waals surface area contributed by atoms with E-state index in [0.717, 1.165) is 12.2 Å². The lowest BCUT2D eigenvalue weighted by Gasteiger charge is -2.32. The van der Waals surface area contributed by atoms with E-state index in [0.29, 0.717) is 6.04 Å². The summed E-state index contributed by atoms with van der Waals surface area (Å²) in [5, 5.41) is 3.54. The van der Waals surface area contributed by atoms with Crippen LogP contribution in [-0.2, 0) is 0 Å². The number of rotatable bonds is 3. The number of likely N-dealkylation sites (tertiary alicyclic amines) is 1. The lowest BCUT2D eigenvalue weighted by Crippen LogP contribution is -2.40. The predicted molar refractivity (Wildman–Crippen MR) is 82.3 cm³/mol. The van der Waals surface area contributed by atoms with Crippen LogP contribution in [0.1, 0.15) is 19.3 Å². The first-order valence-corrected chi connectivity index (χ1v) is 7.24. The van der Waals surface area contributed by atoms with Gasteiger partial charge in [-0.25, -0.2) is 0 Å². The Bertz CT molecular complexity index is 381. The summed E-state index contributed by atoms with van der Waals surface area (Å²) in [5.41, 5.74) is 7.77. The molecule has 1 aliphatic heterocycles. The number of nitrogens with zero attached hydrogens (tertiary/aromatic N) is 1. The molecule has 0 aliphatic carbocycles. The Kier molecular flexibility index (Phi) is 4.50. The number of nitrogens with two attached hydrogens (primary N) is 1. The second-order valence-electron chi connectivity index (χ2n) is 4.75. The Morgan fingerprint density at radius 2 is 2.29 bits per heavy atom. The van der Waals surface area contributed by atoms with Gasteiger partial charge in [-0.15, -0.1) is 0 Å². The summed E-state index contributed by atoms with van der Waals surface area (Å²) in [7, 11) is 2.22. The second-order valence-corrected chi connectivity index (χ2v) is 5.91. The van der Waals surface area contributed by atoms with E-state index in [9.17, 15) is 0 Å². The minimum Gasteiger partial charge on any atom is -0.399 e. The first kappa shape index (κ1) is 13.0. The fourth-order valence-electron chi connectivity index (χ4n) is 2.30. The maximum absolute atomic E-state index is 5.75. The molecule has 3 nitrogen and oxygen atoms in total. The van der Waals surface area contributed by atoms with Crippen LogP contribution < -0.4 is 11.1 Å². The molecule has 94 valence electrons. The molecular weight excluding hydrogens is 325 g/mol. The van der Waals surface area contributed by atoms with Crippen molar-refractivity contribution in [1.82, 2.24) is 4.90 Å². The molecule has 0 bridgehead atoms. The Morgan fingerprint density at radius 1 is 1.47 bits per heavy atom. The number of halogens is 1. The fraction of sp³-hybridized carbons (Fsp3) is 0.538. The first-order chi connectivity index (χ1) is 8.16. The predicted octanol–water partition coefficient (Wildman–Crippen LogP) is 2.77. The third kappa shape index (κ3) is 3.48. The van der Waals surface area contributed by atoms with Crippen LogP contribution in [-0.4, -0.2) is 31.1 Å². The summed E-state index contributed by atoms with van der Waals surface area (Å²) >= 11 is 2.33. The molecule has 0 radical (unpaired) electrons. The smallest absolute Gasteiger partial charge is 0.0477 e. The lowest BCUT2D eigenvalue weighted by atomic mass is 10.0. The average Bonchev–Trinajstić information content (AvgIpc) is 2.30. The van der Waals surface area contributed by atoms with Crippen LogP contribution in [0.15, 0.2) is 18.2 Å². The molecule has 1 fully saturated rings. The molecule has 4 heteroatoms. The number of hydrogen-bond acceptors (Lipinski definition) is 3. The van der Waals surface area contributed by atoms with E-state index in [4.69, 9.17) is 5.73 Å². The van der Waals surface area contributed by atoms with Crippen LogP contribution in [0.3, 0.4) is 0 Å². The number of hydrogen-bond donors (Lipinski definition) is 2. The van der Waals surface area contributed by atoms with Crippen LogP contribution in [0.5, 0.6) is 0 Å². The Labute approximate surface area is 117 Å². The molecule has 1 aromatic carbocycles. The van der Waals surface area contributed by atoms with Gasteiger partial charge < -0.3 is 16.0 Å². The van der Waals surface area contributed by atoms with E-state index in [1.165, 1.54) is 35.1 Å².